The molecular weight excluding hydrogens is 433 g/mol. The summed E-state index contributed by atoms with van der Waals surface area (Å²) in [4.78, 5) is 26.8. The van der Waals surface area contributed by atoms with Crippen LogP contribution >= 0.6 is 11.6 Å². The number of hydrogen-bond acceptors (Lipinski definition) is 3. The zero-order valence-corrected chi connectivity index (χ0v) is 18.1. The van der Waals surface area contributed by atoms with E-state index in [2.05, 4.69) is 0 Å². The van der Waals surface area contributed by atoms with Crippen molar-refractivity contribution < 1.29 is 23.8 Å². The highest BCUT2D eigenvalue weighted by Gasteiger charge is 2.42. The first kappa shape index (κ1) is 21.8. The lowest BCUT2D eigenvalue weighted by atomic mass is 10.0. The second-order valence-corrected chi connectivity index (χ2v) is 8.01. The summed E-state index contributed by atoms with van der Waals surface area (Å²) in [6.45, 7) is 0. The van der Waals surface area contributed by atoms with Gasteiger partial charge in [-0.1, -0.05) is 41.9 Å². The Labute approximate surface area is 190 Å². The third-order valence-electron chi connectivity index (χ3n) is 5.77. The maximum absolute atomic E-state index is 13.5. The Morgan fingerprint density at radius 1 is 1.06 bits per heavy atom. The SMILES string of the molecule is COc1cc(C(=O)N2[C@@H](c3ccccc3Cl)CC[C@H]2C(=O)O)ccc1-c1ccc(F)cc1. The maximum Gasteiger partial charge on any atom is 0.326 e. The van der Waals surface area contributed by atoms with Crippen molar-refractivity contribution in [3.05, 3.63) is 88.7 Å². The zero-order chi connectivity index (χ0) is 22.8. The first-order chi connectivity index (χ1) is 15.4. The van der Waals surface area contributed by atoms with Crippen molar-refractivity contribution in [1.29, 1.82) is 0 Å². The number of carboxylic acids is 1. The molecule has 0 radical (unpaired) electrons. The number of halogens is 2. The molecular formula is C25H21ClFNO4. The van der Waals surface area contributed by atoms with Gasteiger partial charge < -0.3 is 14.7 Å². The number of likely N-dealkylation sites (tertiary alicyclic amines) is 1. The van der Waals surface area contributed by atoms with Gasteiger partial charge in [0.05, 0.1) is 13.2 Å². The van der Waals surface area contributed by atoms with Gasteiger partial charge in [-0.25, -0.2) is 9.18 Å². The van der Waals surface area contributed by atoms with Gasteiger partial charge in [-0.3, -0.25) is 4.79 Å². The second-order valence-electron chi connectivity index (χ2n) is 7.60. The van der Waals surface area contributed by atoms with E-state index < -0.39 is 24.0 Å². The van der Waals surface area contributed by atoms with E-state index in [0.717, 1.165) is 11.1 Å². The number of methoxy groups -OCH3 is 1. The van der Waals surface area contributed by atoms with Gasteiger partial charge in [0, 0.05) is 16.1 Å². The fraction of sp³-hybridized carbons (Fsp3) is 0.200. The molecule has 1 aliphatic heterocycles. The van der Waals surface area contributed by atoms with Crippen molar-refractivity contribution in [3.63, 3.8) is 0 Å². The van der Waals surface area contributed by atoms with Crippen LogP contribution in [0, 0.1) is 5.82 Å². The molecule has 2 atom stereocenters. The predicted octanol–water partition coefficient (Wildman–Crippen LogP) is 5.59. The van der Waals surface area contributed by atoms with Crippen LogP contribution in [-0.2, 0) is 4.79 Å². The predicted molar refractivity (Wildman–Crippen MR) is 119 cm³/mol. The summed E-state index contributed by atoms with van der Waals surface area (Å²) in [7, 11) is 1.49. The number of carboxylic acid groups (broad SMARTS) is 1. The van der Waals surface area contributed by atoms with E-state index in [-0.39, 0.29) is 5.82 Å². The van der Waals surface area contributed by atoms with Gasteiger partial charge in [-0.2, -0.15) is 0 Å². The molecule has 7 heteroatoms. The van der Waals surface area contributed by atoms with E-state index in [1.807, 2.05) is 12.1 Å². The highest BCUT2D eigenvalue weighted by atomic mass is 35.5. The van der Waals surface area contributed by atoms with Crippen molar-refractivity contribution >= 4 is 23.5 Å². The molecule has 1 fully saturated rings. The van der Waals surface area contributed by atoms with Crippen molar-refractivity contribution in [2.75, 3.05) is 7.11 Å². The quantitative estimate of drug-likeness (QED) is 0.547. The third kappa shape index (κ3) is 4.06. The minimum atomic E-state index is -1.05. The number of carbonyl (C=O) groups is 2. The third-order valence-corrected chi connectivity index (χ3v) is 6.12. The highest BCUT2D eigenvalue weighted by Crippen LogP contribution is 2.41. The molecule has 0 bridgehead atoms. The standard InChI is InChI=1S/C25H21ClFNO4/c1-32-23-14-16(8-11-18(23)15-6-9-17(27)10-7-15)24(29)28-21(12-13-22(28)25(30)31)19-4-2-3-5-20(19)26/h2-11,14,21-22H,12-13H2,1H3,(H,30,31)/t21-,22+/m1/s1. The molecule has 1 amide bonds. The molecule has 32 heavy (non-hydrogen) atoms. The number of carbonyl (C=O) groups excluding carboxylic acids is 1. The smallest absolute Gasteiger partial charge is 0.326 e. The van der Waals surface area contributed by atoms with Crippen LogP contribution in [0.5, 0.6) is 5.75 Å². The number of hydrogen-bond donors (Lipinski definition) is 1. The van der Waals surface area contributed by atoms with Gasteiger partial charge in [0.15, 0.2) is 0 Å². The van der Waals surface area contributed by atoms with Crippen LogP contribution in [0.1, 0.15) is 34.8 Å². The Bertz CT molecular complexity index is 1160. The van der Waals surface area contributed by atoms with Gasteiger partial charge in [0.2, 0.25) is 0 Å². The fourth-order valence-corrected chi connectivity index (χ4v) is 4.49. The molecule has 1 N–H and O–H groups in total. The Hall–Kier alpha value is -3.38. The second kappa shape index (κ2) is 9.01. The number of benzene rings is 3. The summed E-state index contributed by atoms with van der Waals surface area (Å²) in [5.74, 6) is -1.38. The minimum absolute atomic E-state index is 0.304. The van der Waals surface area contributed by atoms with Crippen LogP contribution in [0.25, 0.3) is 11.1 Å². The topological polar surface area (TPSA) is 66.8 Å². The van der Waals surface area contributed by atoms with Crippen LogP contribution < -0.4 is 4.74 Å². The minimum Gasteiger partial charge on any atom is -0.496 e. The molecule has 0 aromatic heterocycles. The van der Waals surface area contributed by atoms with Crippen LogP contribution in [0.15, 0.2) is 66.7 Å². The number of nitrogens with zero attached hydrogens (tertiary/aromatic N) is 1. The lowest BCUT2D eigenvalue weighted by molar-refractivity contribution is -0.141. The van der Waals surface area contributed by atoms with Crippen LogP contribution in [0.4, 0.5) is 4.39 Å². The van der Waals surface area contributed by atoms with Gasteiger partial charge in [-0.05, 0) is 60.4 Å². The number of rotatable bonds is 5. The van der Waals surface area contributed by atoms with E-state index in [4.69, 9.17) is 16.3 Å². The average Bonchev–Trinajstić information content (AvgIpc) is 3.24. The maximum atomic E-state index is 13.5. The number of ether oxygens (including phenoxy) is 1. The van der Waals surface area contributed by atoms with E-state index in [9.17, 15) is 19.1 Å². The Balaban J connectivity index is 1.73. The van der Waals surface area contributed by atoms with Crippen LogP contribution in [0.3, 0.4) is 0 Å². The molecule has 0 saturated carbocycles. The lowest BCUT2D eigenvalue weighted by Gasteiger charge is -2.29. The molecule has 0 unspecified atom stereocenters. The van der Waals surface area contributed by atoms with Gasteiger partial charge in [0.25, 0.3) is 5.91 Å². The first-order valence-electron chi connectivity index (χ1n) is 10.1. The van der Waals surface area contributed by atoms with E-state index in [0.29, 0.717) is 34.7 Å². The Morgan fingerprint density at radius 2 is 1.78 bits per heavy atom. The summed E-state index contributed by atoms with van der Waals surface area (Å²) in [6.07, 6.45) is 0.832. The number of amides is 1. The Morgan fingerprint density at radius 3 is 2.44 bits per heavy atom. The zero-order valence-electron chi connectivity index (χ0n) is 17.3. The molecule has 1 heterocycles. The van der Waals surface area contributed by atoms with Gasteiger partial charge >= 0.3 is 5.97 Å². The summed E-state index contributed by atoms with van der Waals surface area (Å²) in [5, 5.41) is 10.2. The normalized spacial score (nSPS) is 17.9. The molecule has 3 aromatic rings. The number of aliphatic carboxylic acids is 1. The largest absolute Gasteiger partial charge is 0.496 e. The summed E-state index contributed by atoms with van der Waals surface area (Å²) >= 11 is 6.36. The molecule has 164 valence electrons. The molecule has 5 nitrogen and oxygen atoms in total. The van der Waals surface area contributed by atoms with E-state index in [1.165, 1.54) is 24.1 Å². The highest BCUT2D eigenvalue weighted by molar-refractivity contribution is 6.31. The molecule has 1 saturated heterocycles. The molecule has 3 aromatic carbocycles. The summed E-state index contributed by atoms with van der Waals surface area (Å²) < 4.78 is 18.8. The molecule has 0 aliphatic carbocycles. The Kier molecular flexibility index (Phi) is 6.15. The van der Waals surface area contributed by atoms with Crippen molar-refractivity contribution in [2.45, 2.75) is 24.9 Å². The van der Waals surface area contributed by atoms with Gasteiger partial charge in [-0.15, -0.1) is 0 Å². The molecule has 4 rings (SSSR count). The molecule has 0 spiro atoms. The van der Waals surface area contributed by atoms with Crippen molar-refractivity contribution in [3.8, 4) is 16.9 Å². The first-order valence-corrected chi connectivity index (χ1v) is 10.5. The average molecular weight is 454 g/mol. The summed E-state index contributed by atoms with van der Waals surface area (Å²) in [5.41, 5.74) is 2.46. The van der Waals surface area contributed by atoms with Crippen molar-refractivity contribution in [1.82, 2.24) is 4.90 Å². The van der Waals surface area contributed by atoms with Gasteiger partial charge in [0.1, 0.15) is 17.6 Å². The fourth-order valence-electron chi connectivity index (χ4n) is 4.23. The van der Waals surface area contributed by atoms with Crippen molar-refractivity contribution in [2.24, 2.45) is 0 Å². The lowest BCUT2D eigenvalue weighted by Crippen LogP contribution is -2.41. The molecule has 1 aliphatic rings. The monoisotopic (exact) mass is 453 g/mol. The van der Waals surface area contributed by atoms with Crippen LogP contribution in [-0.4, -0.2) is 35.0 Å². The van der Waals surface area contributed by atoms with E-state index >= 15 is 0 Å². The summed E-state index contributed by atoms with van der Waals surface area (Å²) in [6, 6.07) is 16.6. The van der Waals surface area contributed by atoms with Crippen LogP contribution in [0.2, 0.25) is 5.02 Å². The van der Waals surface area contributed by atoms with E-state index in [1.54, 1.807) is 42.5 Å².